The van der Waals surface area contributed by atoms with E-state index in [2.05, 4.69) is 39.8 Å². The van der Waals surface area contributed by atoms with Crippen LogP contribution in [0.3, 0.4) is 0 Å². The van der Waals surface area contributed by atoms with Crippen LogP contribution in [0.1, 0.15) is 43.7 Å². The Hall–Kier alpha value is -2.08. The summed E-state index contributed by atoms with van der Waals surface area (Å²) in [6.45, 7) is 7.86. The first-order chi connectivity index (χ1) is 13.1. The third-order valence-electron chi connectivity index (χ3n) is 5.69. The fourth-order valence-electron chi connectivity index (χ4n) is 3.90. The van der Waals surface area contributed by atoms with Gasteiger partial charge in [-0.2, -0.15) is 0 Å². The van der Waals surface area contributed by atoms with Gasteiger partial charge in [0.15, 0.2) is 0 Å². The number of nitrogens with zero attached hydrogens (tertiary/aromatic N) is 2. The maximum absolute atomic E-state index is 12.0. The van der Waals surface area contributed by atoms with Crippen LogP contribution in [0.15, 0.2) is 24.3 Å². The number of carbonyl (C=O) groups is 2. The molecule has 3 rings (SSSR count). The van der Waals surface area contributed by atoms with E-state index in [9.17, 15) is 9.59 Å². The number of hydrogen-bond acceptors (Lipinski definition) is 3. The van der Waals surface area contributed by atoms with E-state index >= 15 is 0 Å². The Morgan fingerprint density at radius 3 is 2.22 bits per heavy atom. The molecule has 0 radical (unpaired) electrons. The van der Waals surface area contributed by atoms with Crippen LogP contribution in [-0.4, -0.2) is 54.5 Å². The molecule has 2 aliphatic heterocycles. The van der Waals surface area contributed by atoms with E-state index in [1.54, 1.807) is 6.92 Å². The minimum absolute atomic E-state index is 0.120. The number of hydrogen-bond donors (Lipinski definition) is 2. The van der Waals surface area contributed by atoms with Gasteiger partial charge in [-0.1, -0.05) is 24.3 Å². The normalized spacial score (nSPS) is 18.5. The monoisotopic (exact) mass is 372 g/mol. The van der Waals surface area contributed by atoms with Gasteiger partial charge >= 0.3 is 6.03 Å². The minimum Gasteiger partial charge on any atom is -0.343 e. The lowest BCUT2D eigenvalue weighted by Crippen LogP contribution is -2.42. The molecule has 2 heterocycles. The van der Waals surface area contributed by atoms with Crippen molar-refractivity contribution in [2.24, 2.45) is 5.92 Å². The Morgan fingerprint density at radius 2 is 1.59 bits per heavy atom. The van der Waals surface area contributed by atoms with Gasteiger partial charge in [-0.25, -0.2) is 4.79 Å². The topological polar surface area (TPSA) is 64.7 Å². The van der Waals surface area contributed by atoms with Crippen LogP contribution in [0, 0.1) is 5.92 Å². The molecule has 6 heteroatoms. The Kier molecular flexibility index (Phi) is 7.10. The number of nitrogens with one attached hydrogen (secondary N) is 2. The van der Waals surface area contributed by atoms with E-state index in [4.69, 9.17) is 0 Å². The van der Waals surface area contributed by atoms with Crippen LogP contribution >= 0.6 is 0 Å². The SMILES string of the molecule is CC(=O)N1CCC(CNC(=O)NCc2ccc(CN3CCCC3)cc2)CC1. The van der Waals surface area contributed by atoms with Crippen LogP contribution in [0.25, 0.3) is 0 Å². The fraction of sp³-hybridized carbons (Fsp3) is 0.619. The summed E-state index contributed by atoms with van der Waals surface area (Å²) in [5.41, 5.74) is 2.45. The second-order valence-electron chi connectivity index (χ2n) is 7.81. The second-order valence-corrected chi connectivity index (χ2v) is 7.81. The third-order valence-corrected chi connectivity index (χ3v) is 5.69. The Balaban J connectivity index is 1.32. The average molecular weight is 373 g/mol. The number of likely N-dealkylation sites (tertiary alicyclic amines) is 2. The van der Waals surface area contributed by atoms with Crippen molar-refractivity contribution in [2.45, 2.75) is 45.7 Å². The summed E-state index contributed by atoms with van der Waals surface area (Å²) < 4.78 is 0. The van der Waals surface area contributed by atoms with E-state index in [1.165, 1.54) is 31.5 Å². The van der Waals surface area contributed by atoms with Crippen LogP contribution in [0.5, 0.6) is 0 Å². The molecular weight excluding hydrogens is 340 g/mol. The average Bonchev–Trinajstić information content (AvgIpc) is 3.19. The molecule has 3 amide bonds. The predicted molar refractivity (Wildman–Crippen MR) is 106 cm³/mol. The molecule has 0 spiro atoms. The molecule has 0 atom stereocenters. The van der Waals surface area contributed by atoms with Gasteiger partial charge < -0.3 is 15.5 Å². The zero-order valence-corrected chi connectivity index (χ0v) is 16.4. The number of carbonyl (C=O) groups excluding carboxylic acids is 2. The molecule has 6 nitrogen and oxygen atoms in total. The summed E-state index contributed by atoms with van der Waals surface area (Å²) in [7, 11) is 0. The quantitative estimate of drug-likeness (QED) is 0.806. The van der Waals surface area contributed by atoms with Gasteiger partial charge in [0.2, 0.25) is 5.91 Å². The van der Waals surface area contributed by atoms with Gasteiger partial charge in [0.1, 0.15) is 0 Å². The molecular formula is C21H32N4O2. The molecule has 2 saturated heterocycles. The zero-order valence-electron chi connectivity index (χ0n) is 16.4. The molecule has 27 heavy (non-hydrogen) atoms. The molecule has 2 N–H and O–H groups in total. The van der Waals surface area contributed by atoms with Gasteiger partial charge in [-0.15, -0.1) is 0 Å². The summed E-state index contributed by atoms with van der Waals surface area (Å²) in [6.07, 6.45) is 4.54. The van der Waals surface area contributed by atoms with Crippen LogP contribution in [-0.2, 0) is 17.9 Å². The highest BCUT2D eigenvalue weighted by Crippen LogP contribution is 2.16. The maximum atomic E-state index is 12.0. The van der Waals surface area contributed by atoms with Crippen molar-refractivity contribution in [1.29, 1.82) is 0 Å². The molecule has 0 aromatic heterocycles. The van der Waals surface area contributed by atoms with Crippen LogP contribution < -0.4 is 10.6 Å². The lowest BCUT2D eigenvalue weighted by Gasteiger charge is -2.31. The summed E-state index contributed by atoms with van der Waals surface area (Å²) in [4.78, 5) is 27.7. The first-order valence-corrected chi connectivity index (χ1v) is 10.2. The van der Waals surface area contributed by atoms with Gasteiger partial charge in [-0.3, -0.25) is 9.69 Å². The number of benzene rings is 1. The van der Waals surface area contributed by atoms with Crippen molar-refractivity contribution in [1.82, 2.24) is 20.4 Å². The minimum atomic E-state index is -0.120. The van der Waals surface area contributed by atoms with Gasteiger partial charge in [0.05, 0.1) is 0 Å². The van der Waals surface area contributed by atoms with Crippen molar-refractivity contribution >= 4 is 11.9 Å². The lowest BCUT2D eigenvalue weighted by molar-refractivity contribution is -0.130. The summed E-state index contributed by atoms with van der Waals surface area (Å²) in [5, 5.41) is 5.90. The van der Waals surface area contributed by atoms with Gasteiger partial charge in [-0.05, 0) is 55.8 Å². The molecule has 1 aromatic rings. The van der Waals surface area contributed by atoms with E-state index in [0.29, 0.717) is 19.0 Å². The third kappa shape index (κ3) is 6.24. The predicted octanol–water partition coefficient (Wildman–Crippen LogP) is 2.34. The van der Waals surface area contributed by atoms with E-state index in [-0.39, 0.29) is 11.9 Å². The first kappa shape index (κ1) is 19.7. The lowest BCUT2D eigenvalue weighted by atomic mass is 9.97. The van der Waals surface area contributed by atoms with Crippen molar-refractivity contribution in [3.8, 4) is 0 Å². The van der Waals surface area contributed by atoms with Crippen molar-refractivity contribution in [2.75, 3.05) is 32.7 Å². The Labute approximate surface area is 162 Å². The number of amides is 3. The summed E-state index contributed by atoms with van der Waals surface area (Å²) in [5.74, 6) is 0.599. The van der Waals surface area contributed by atoms with Gasteiger partial charge in [0, 0.05) is 39.6 Å². The van der Waals surface area contributed by atoms with E-state index in [1.807, 2.05) is 4.90 Å². The van der Waals surface area contributed by atoms with Gasteiger partial charge in [0.25, 0.3) is 0 Å². The Morgan fingerprint density at radius 1 is 0.963 bits per heavy atom. The van der Waals surface area contributed by atoms with Crippen LogP contribution in [0.4, 0.5) is 4.79 Å². The fourth-order valence-corrected chi connectivity index (χ4v) is 3.90. The summed E-state index contributed by atoms with van der Waals surface area (Å²) in [6, 6.07) is 8.41. The van der Waals surface area contributed by atoms with E-state index in [0.717, 1.165) is 38.0 Å². The van der Waals surface area contributed by atoms with Crippen LogP contribution in [0.2, 0.25) is 0 Å². The standard InChI is InChI=1S/C21H32N4O2/c1-17(26)25-12-8-19(9-13-25)15-23-21(27)22-14-18-4-6-20(7-5-18)16-24-10-2-3-11-24/h4-7,19H,2-3,8-16H2,1H3,(H2,22,23,27). The molecule has 2 aliphatic rings. The highest BCUT2D eigenvalue weighted by atomic mass is 16.2. The molecule has 1 aromatic carbocycles. The zero-order chi connectivity index (χ0) is 19.1. The van der Waals surface area contributed by atoms with Crippen molar-refractivity contribution < 1.29 is 9.59 Å². The largest absolute Gasteiger partial charge is 0.343 e. The second kappa shape index (κ2) is 9.74. The molecule has 0 bridgehead atoms. The smallest absolute Gasteiger partial charge is 0.315 e. The summed E-state index contributed by atoms with van der Waals surface area (Å²) >= 11 is 0. The molecule has 0 saturated carbocycles. The molecule has 0 unspecified atom stereocenters. The van der Waals surface area contributed by atoms with Crippen molar-refractivity contribution in [3.63, 3.8) is 0 Å². The molecule has 2 fully saturated rings. The number of piperidine rings is 1. The first-order valence-electron chi connectivity index (χ1n) is 10.2. The Bertz CT molecular complexity index is 618. The highest BCUT2D eigenvalue weighted by Gasteiger charge is 2.20. The highest BCUT2D eigenvalue weighted by molar-refractivity contribution is 5.74. The number of urea groups is 1. The molecule has 148 valence electrons. The number of rotatable bonds is 6. The molecule has 0 aliphatic carbocycles. The van der Waals surface area contributed by atoms with Crippen molar-refractivity contribution in [3.05, 3.63) is 35.4 Å². The van der Waals surface area contributed by atoms with E-state index < -0.39 is 0 Å². The maximum Gasteiger partial charge on any atom is 0.315 e.